The first-order chi connectivity index (χ1) is 14.6. The van der Waals surface area contributed by atoms with Gasteiger partial charge in [-0.15, -0.1) is 24.0 Å². The van der Waals surface area contributed by atoms with Crippen molar-refractivity contribution in [1.82, 2.24) is 20.5 Å². The molecule has 2 N–H and O–H groups in total. The summed E-state index contributed by atoms with van der Waals surface area (Å²) in [7, 11) is 0. The molecule has 0 bridgehead atoms. The smallest absolute Gasteiger partial charge is 0.191 e. The summed E-state index contributed by atoms with van der Waals surface area (Å²) in [4.78, 5) is 14.3. The summed E-state index contributed by atoms with van der Waals surface area (Å²) >= 11 is 0. The second-order valence-electron chi connectivity index (χ2n) is 8.79. The SMILES string of the molecule is CCNC(=NCc1ccnc(N2CCCCC2)c1)NCC1CN(CC(C)C)CCO1.I. The number of nitrogens with one attached hydrogen (secondary N) is 2. The van der Waals surface area contributed by atoms with E-state index in [1.807, 2.05) is 6.20 Å². The van der Waals surface area contributed by atoms with Gasteiger partial charge in [-0.1, -0.05) is 13.8 Å². The number of piperidine rings is 1. The Balaban J connectivity index is 0.00000341. The number of anilines is 1. The normalized spacial score (nSPS) is 20.5. The number of aliphatic imine (C=N–C) groups is 1. The lowest BCUT2D eigenvalue weighted by Gasteiger charge is -2.34. The van der Waals surface area contributed by atoms with E-state index in [2.05, 4.69) is 58.3 Å². The third-order valence-electron chi connectivity index (χ3n) is 5.60. The van der Waals surface area contributed by atoms with Crippen LogP contribution in [0.5, 0.6) is 0 Å². The van der Waals surface area contributed by atoms with Gasteiger partial charge in [0.05, 0.1) is 19.3 Å². The largest absolute Gasteiger partial charge is 0.374 e. The molecule has 3 rings (SSSR count). The van der Waals surface area contributed by atoms with Gasteiger partial charge in [-0.3, -0.25) is 4.90 Å². The molecule has 3 heterocycles. The molecule has 7 nitrogen and oxygen atoms in total. The topological polar surface area (TPSA) is 65.0 Å². The predicted octanol–water partition coefficient (Wildman–Crippen LogP) is 3.10. The van der Waals surface area contributed by atoms with Crippen LogP contribution in [0.15, 0.2) is 23.3 Å². The zero-order valence-electron chi connectivity index (χ0n) is 19.5. The first kappa shape index (κ1) is 26.1. The highest BCUT2D eigenvalue weighted by molar-refractivity contribution is 14.0. The van der Waals surface area contributed by atoms with E-state index in [1.165, 1.54) is 24.8 Å². The van der Waals surface area contributed by atoms with Crippen LogP contribution in [-0.2, 0) is 11.3 Å². The van der Waals surface area contributed by atoms with Crippen molar-refractivity contribution in [1.29, 1.82) is 0 Å². The summed E-state index contributed by atoms with van der Waals surface area (Å²) in [5.74, 6) is 2.62. The van der Waals surface area contributed by atoms with Crippen molar-refractivity contribution in [2.75, 3.05) is 57.3 Å². The van der Waals surface area contributed by atoms with Crippen molar-refractivity contribution in [2.45, 2.75) is 52.7 Å². The lowest BCUT2D eigenvalue weighted by molar-refractivity contribution is -0.0284. The van der Waals surface area contributed by atoms with E-state index >= 15 is 0 Å². The van der Waals surface area contributed by atoms with Crippen molar-refractivity contribution in [3.63, 3.8) is 0 Å². The minimum atomic E-state index is 0. The van der Waals surface area contributed by atoms with Crippen LogP contribution in [-0.4, -0.2) is 74.4 Å². The number of pyridine rings is 1. The summed E-state index contributed by atoms with van der Waals surface area (Å²) < 4.78 is 5.96. The molecule has 176 valence electrons. The van der Waals surface area contributed by atoms with Crippen molar-refractivity contribution in [3.8, 4) is 0 Å². The molecule has 0 saturated carbocycles. The zero-order valence-corrected chi connectivity index (χ0v) is 21.8. The lowest BCUT2D eigenvalue weighted by atomic mass is 10.1. The fourth-order valence-corrected chi connectivity index (χ4v) is 4.16. The van der Waals surface area contributed by atoms with Crippen LogP contribution in [0.3, 0.4) is 0 Å². The van der Waals surface area contributed by atoms with Gasteiger partial charge in [-0.2, -0.15) is 0 Å². The van der Waals surface area contributed by atoms with Crippen molar-refractivity contribution in [3.05, 3.63) is 23.9 Å². The second kappa shape index (κ2) is 14.1. The van der Waals surface area contributed by atoms with Crippen molar-refractivity contribution in [2.24, 2.45) is 10.9 Å². The molecular formula is C23H41IN6O. The molecule has 0 aromatic carbocycles. The maximum Gasteiger partial charge on any atom is 0.191 e. The molecular weight excluding hydrogens is 503 g/mol. The van der Waals surface area contributed by atoms with Gasteiger partial charge >= 0.3 is 0 Å². The van der Waals surface area contributed by atoms with Crippen molar-refractivity contribution >= 4 is 35.8 Å². The monoisotopic (exact) mass is 544 g/mol. The number of hydrogen-bond donors (Lipinski definition) is 2. The second-order valence-corrected chi connectivity index (χ2v) is 8.79. The fraction of sp³-hybridized carbons (Fsp3) is 0.739. The number of guanidine groups is 1. The van der Waals surface area contributed by atoms with Gasteiger partial charge in [-0.25, -0.2) is 9.98 Å². The van der Waals surface area contributed by atoms with Gasteiger partial charge in [0.15, 0.2) is 5.96 Å². The molecule has 0 aliphatic carbocycles. The Labute approximate surface area is 205 Å². The van der Waals surface area contributed by atoms with Crippen LogP contribution in [0.4, 0.5) is 5.82 Å². The average Bonchev–Trinajstić information content (AvgIpc) is 2.76. The van der Waals surface area contributed by atoms with Crippen LogP contribution < -0.4 is 15.5 Å². The third-order valence-corrected chi connectivity index (χ3v) is 5.60. The molecule has 1 aromatic rings. The summed E-state index contributed by atoms with van der Waals surface area (Å²) in [5.41, 5.74) is 1.19. The Hall–Kier alpha value is -1.13. The van der Waals surface area contributed by atoms with Gasteiger partial charge in [-0.05, 0) is 49.8 Å². The number of morpholine rings is 1. The molecule has 8 heteroatoms. The van der Waals surface area contributed by atoms with E-state index in [1.54, 1.807) is 0 Å². The number of nitrogens with zero attached hydrogens (tertiary/aromatic N) is 4. The van der Waals surface area contributed by atoms with Gasteiger partial charge in [0.1, 0.15) is 5.82 Å². The lowest BCUT2D eigenvalue weighted by Crippen LogP contribution is -2.50. The standard InChI is InChI=1S/C23H40N6O.HI/c1-4-24-23(27-16-21-18-28(12-13-30-21)17-19(2)3)26-15-20-8-9-25-22(14-20)29-10-6-5-7-11-29;/h8-9,14,19,21H,4-7,10-13,15-18H2,1-3H3,(H2,24,26,27);1H. The molecule has 0 amide bonds. The first-order valence-corrected chi connectivity index (χ1v) is 11.7. The van der Waals surface area contributed by atoms with Crippen molar-refractivity contribution < 1.29 is 4.74 Å². The molecule has 2 saturated heterocycles. The number of halogens is 1. The van der Waals surface area contributed by atoms with E-state index in [-0.39, 0.29) is 30.1 Å². The van der Waals surface area contributed by atoms with E-state index in [0.29, 0.717) is 12.5 Å². The Bertz CT molecular complexity index is 665. The third kappa shape index (κ3) is 9.10. The molecule has 0 spiro atoms. The Morgan fingerprint density at radius 3 is 2.77 bits per heavy atom. The molecule has 2 aliphatic rings. The quantitative estimate of drug-likeness (QED) is 0.298. The van der Waals surface area contributed by atoms with Crippen LogP contribution in [0, 0.1) is 5.92 Å². The first-order valence-electron chi connectivity index (χ1n) is 11.7. The molecule has 0 radical (unpaired) electrons. The average molecular weight is 545 g/mol. The summed E-state index contributed by atoms with van der Waals surface area (Å²) in [6.07, 6.45) is 5.96. The Morgan fingerprint density at radius 1 is 1.23 bits per heavy atom. The number of aromatic nitrogens is 1. The van der Waals surface area contributed by atoms with E-state index < -0.39 is 0 Å². The van der Waals surface area contributed by atoms with Gasteiger partial charge in [0.25, 0.3) is 0 Å². The molecule has 1 atom stereocenters. The van der Waals surface area contributed by atoms with Gasteiger partial charge in [0, 0.05) is 52.0 Å². The minimum Gasteiger partial charge on any atom is -0.374 e. The summed E-state index contributed by atoms with van der Waals surface area (Å²) in [5, 5.41) is 6.83. The van der Waals surface area contributed by atoms with Crippen LogP contribution >= 0.6 is 24.0 Å². The van der Waals surface area contributed by atoms with Crippen LogP contribution in [0.2, 0.25) is 0 Å². The molecule has 31 heavy (non-hydrogen) atoms. The summed E-state index contributed by atoms with van der Waals surface area (Å²) in [6, 6.07) is 4.25. The Morgan fingerprint density at radius 2 is 2.03 bits per heavy atom. The predicted molar refractivity (Wildman–Crippen MR) is 140 cm³/mol. The molecule has 2 fully saturated rings. The summed E-state index contributed by atoms with van der Waals surface area (Å²) in [6.45, 7) is 15.1. The molecule has 1 unspecified atom stereocenters. The maximum absolute atomic E-state index is 5.96. The highest BCUT2D eigenvalue weighted by atomic mass is 127. The van der Waals surface area contributed by atoms with Gasteiger partial charge in [0.2, 0.25) is 0 Å². The highest BCUT2D eigenvalue weighted by Crippen LogP contribution is 2.18. The highest BCUT2D eigenvalue weighted by Gasteiger charge is 2.21. The fourth-order valence-electron chi connectivity index (χ4n) is 4.16. The molecule has 1 aromatic heterocycles. The number of rotatable bonds is 8. The number of ether oxygens (including phenoxy) is 1. The van der Waals surface area contributed by atoms with Gasteiger partial charge < -0.3 is 20.3 Å². The van der Waals surface area contributed by atoms with E-state index in [9.17, 15) is 0 Å². The number of hydrogen-bond acceptors (Lipinski definition) is 5. The maximum atomic E-state index is 5.96. The molecule has 2 aliphatic heterocycles. The zero-order chi connectivity index (χ0) is 21.2. The van der Waals surface area contributed by atoms with Crippen LogP contribution in [0.25, 0.3) is 0 Å². The van der Waals surface area contributed by atoms with Crippen LogP contribution in [0.1, 0.15) is 45.6 Å². The van der Waals surface area contributed by atoms with E-state index in [4.69, 9.17) is 9.73 Å². The Kier molecular flexibility index (Phi) is 11.9. The van der Waals surface area contributed by atoms with E-state index in [0.717, 1.165) is 64.2 Å². The minimum absolute atomic E-state index is 0.